The Kier molecular flexibility index (Phi) is 6.43. The van der Waals surface area contributed by atoms with Crippen LogP contribution >= 0.6 is 11.6 Å². The van der Waals surface area contributed by atoms with E-state index in [0.717, 1.165) is 21.5 Å². The molecule has 0 atom stereocenters. The van der Waals surface area contributed by atoms with E-state index in [-0.39, 0.29) is 16.3 Å². The molecule has 0 aliphatic carbocycles. The number of nitrogens with zero attached hydrogens (tertiary/aromatic N) is 1. The zero-order chi connectivity index (χ0) is 21.9. The Morgan fingerprint density at radius 3 is 2.37 bits per heavy atom. The maximum atomic E-state index is 13.4. The van der Waals surface area contributed by atoms with Crippen molar-refractivity contribution >= 4 is 38.9 Å². The third kappa shape index (κ3) is 4.98. The van der Waals surface area contributed by atoms with Crippen LogP contribution in [0.1, 0.15) is 11.1 Å². The number of amides is 1. The van der Waals surface area contributed by atoms with Crippen molar-refractivity contribution in [2.75, 3.05) is 16.2 Å². The zero-order valence-corrected chi connectivity index (χ0v) is 18.0. The molecule has 0 unspecified atom stereocenters. The lowest BCUT2D eigenvalue weighted by molar-refractivity contribution is -0.114. The molecule has 0 spiro atoms. The smallest absolute Gasteiger partial charge is 0.264 e. The summed E-state index contributed by atoms with van der Waals surface area (Å²) in [6.45, 7) is 3.13. The van der Waals surface area contributed by atoms with Gasteiger partial charge in [-0.1, -0.05) is 41.4 Å². The van der Waals surface area contributed by atoms with E-state index in [1.807, 2.05) is 6.92 Å². The number of hydrogen-bond acceptors (Lipinski definition) is 3. The first-order valence-electron chi connectivity index (χ1n) is 9.08. The van der Waals surface area contributed by atoms with Crippen LogP contribution in [0.4, 0.5) is 15.8 Å². The van der Waals surface area contributed by atoms with Gasteiger partial charge in [-0.3, -0.25) is 9.10 Å². The van der Waals surface area contributed by atoms with Crippen molar-refractivity contribution in [3.05, 3.63) is 88.7 Å². The van der Waals surface area contributed by atoms with Gasteiger partial charge in [-0.2, -0.15) is 0 Å². The summed E-state index contributed by atoms with van der Waals surface area (Å²) < 4.78 is 41.0. The van der Waals surface area contributed by atoms with Crippen molar-refractivity contribution in [3.63, 3.8) is 0 Å². The van der Waals surface area contributed by atoms with Gasteiger partial charge >= 0.3 is 0 Å². The highest BCUT2D eigenvalue weighted by Gasteiger charge is 2.27. The van der Waals surface area contributed by atoms with E-state index in [2.05, 4.69) is 5.32 Å². The lowest BCUT2D eigenvalue weighted by Crippen LogP contribution is -2.38. The fourth-order valence-corrected chi connectivity index (χ4v) is 4.37. The van der Waals surface area contributed by atoms with Crippen LogP contribution in [0.3, 0.4) is 0 Å². The fraction of sp³-hybridized carbons (Fsp3) is 0.136. The van der Waals surface area contributed by atoms with Gasteiger partial charge in [0.25, 0.3) is 10.0 Å². The standard InChI is InChI=1S/C22H20ClFN2O3S/c1-15-6-10-20(11-7-15)30(28,29)26(19-9-8-16(2)21(23)13-19)14-22(27)25-18-5-3-4-17(24)12-18/h3-13H,14H2,1-2H3,(H,25,27). The SMILES string of the molecule is Cc1ccc(S(=O)(=O)N(CC(=O)Nc2cccc(F)c2)c2ccc(C)c(Cl)c2)cc1. The minimum absolute atomic E-state index is 0.0448. The normalized spacial score (nSPS) is 11.2. The molecule has 0 aliphatic rings. The predicted molar refractivity (Wildman–Crippen MR) is 117 cm³/mol. The van der Waals surface area contributed by atoms with Gasteiger partial charge in [0, 0.05) is 10.7 Å². The van der Waals surface area contributed by atoms with Crippen molar-refractivity contribution in [2.24, 2.45) is 0 Å². The molecule has 0 heterocycles. The number of carbonyl (C=O) groups excluding carboxylic acids is 1. The highest BCUT2D eigenvalue weighted by molar-refractivity contribution is 7.92. The molecule has 0 saturated carbocycles. The Labute approximate surface area is 180 Å². The molecule has 1 N–H and O–H groups in total. The Balaban J connectivity index is 1.97. The highest BCUT2D eigenvalue weighted by Crippen LogP contribution is 2.28. The summed E-state index contributed by atoms with van der Waals surface area (Å²) in [4.78, 5) is 12.7. The zero-order valence-electron chi connectivity index (χ0n) is 16.4. The van der Waals surface area contributed by atoms with Crippen LogP contribution in [0.15, 0.2) is 71.6 Å². The topological polar surface area (TPSA) is 66.5 Å². The molecule has 0 saturated heterocycles. The molecule has 0 radical (unpaired) electrons. The maximum absolute atomic E-state index is 13.4. The van der Waals surface area contributed by atoms with Crippen LogP contribution in [-0.4, -0.2) is 20.9 Å². The average molecular weight is 447 g/mol. The summed E-state index contributed by atoms with van der Waals surface area (Å²) in [6.07, 6.45) is 0. The number of hydrogen-bond donors (Lipinski definition) is 1. The van der Waals surface area contributed by atoms with Crippen molar-refractivity contribution in [1.82, 2.24) is 0 Å². The number of rotatable bonds is 6. The van der Waals surface area contributed by atoms with E-state index >= 15 is 0 Å². The van der Waals surface area contributed by atoms with Crippen LogP contribution < -0.4 is 9.62 Å². The fourth-order valence-electron chi connectivity index (χ4n) is 2.79. The largest absolute Gasteiger partial charge is 0.324 e. The van der Waals surface area contributed by atoms with Gasteiger partial charge in [0.15, 0.2) is 0 Å². The van der Waals surface area contributed by atoms with Crippen LogP contribution in [-0.2, 0) is 14.8 Å². The number of halogens is 2. The Morgan fingerprint density at radius 1 is 1.03 bits per heavy atom. The van der Waals surface area contributed by atoms with E-state index in [4.69, 9.17) is 11.6 Å². The van der Waals surface area contributed by atoms with Crippen molar-refractivity contribution in [2.45, 2.75) is 18.7 Å². The molecule has 0 fully saturated rings. The number of carbonyl (C=O) groups is 1. The number of sulfonamides is 1. The van der Waals surface area contributed by atoms with Crippen LogP contribution in [0, 0.1) is 19.7 Å². The van der Waals surface area contributed by atoms with Crippen molar-refractivity contribution in [1.29, 1.82) is 0 Å². The third-order valence-electron chi connectivity index (χ3n) is 4.45. The average Bonchev–Trinajstić information content (AvgIpc) is 2.68. The van der Waals surface area contributed by atoms with Crippen LogP contribution in [0.2, 0.25) is 5.02 Å². The van der Waals surface area contributed by atoms with E-state index in [0.29, 0.717) is 5.02 Å². The molecule has 3 rings (SSSR count). The van der Waals surface area contributed by atoms with E-state index in [1.54, 1.807) is 31.2 Å². The van der Waals surface area contributed by atoms with Crippen LogP contribution in [0.5, 0.6) is 0 Å². The highest BCUT2D eigenvalue weighted by atomic mass is 35.5. The Morgan fingerprint density at radius 2 is 1.73 bits per heavy atom. The summed E-state index contributed by atoms with van der Waals surface area (Å²) in [5.74, 6) is -1.13. The number of anilines is 2. The Hall–Kier alpha value is -2.90. The minimum atomic E-state index is -4.06. The molecule has 0 aliphatic heterocycles. The lowest BCUT2D eigenvalue weighted by atomic mass is 10.2. The summed E-state index contributed by atoms with van der Waals surface area (Å²) in [5, 5.41) is 2.90. The summed E-state index contributed by atoms with van der Waals surface area (Å²) >= 11 is 6.19. The van der Waals surface area contributed by atoms with E-state index in [9.17, 15) is 17.6 Å². The van der Waals surface area contributed by atoms with Crippen molar-refractivity contribution < 1.29 is 17.6 Å². The molecule has 5 nitrogen and oxygen atoms in total. The Bertz CT molecular complexity index is 1180. The first-order valence-corrected chi connectivity index (χ1v) is 10.9. The summed E-state index contributed by atoms with van der Waals surface area (Å²) in [5.41, 5.74) is 2.16. The molecule has 1 amide bonds. The lowest BCUT2D eigenvalue weighted by Gasteiger charge is -2.24. The minimum Gasteiger partial charge on any atom is -0.324 e. The van der Waals surface area contributed by atoms with Crippen molar-refractivity contribution in [3.8, 4) is 0 Å². The second-order valence-corrected chi connectivity index (χ2v) is 9.09. The molecule has 156 valence electrons. The third-order valence-corrected chi connectivity index (χ3v) is 6.64. The first kappa shape index (κ1) is 21.8. The second-order valence-electron chi connectivity index (χ2n) is 6.82. The molecule has 3 aromatic rings. The monoisotopic (exact) mass is 446 g/mol. The van der Waals surface area contributed by atoms with E-state index in [1.165, 1.54) is 36.4 Å². The predicted octanol–water partition coefficient (Wildman–Crippen LogP) is 4.93. The number of aryl methyl sites for hydroxylation is 2. The summed E-state index contributed by atoms with van der Waals surface area (Å²) in [6, 6.07) is 16.5. The molecular weight excluding hydrogens is 427 g/mol. The number of benzene rings is 3. The van der Waals surface area contributed by atoms with Gasteiger partial charge in [0.1, 0.15) is 12.4 Å². The second kappa shape index (κ2) is 8.85. The quantitative estimate of drug-likeness (QED) is 0.583. The molecule has 3 aromatic carbocycles. The van der Waals surface area contributed by atoms with Gasteiger partial charge < -0.3 is 5.32 Å². The van der Waals surface area contributed by atoms with Gasteiger partial charge in [-0.15, -0.1) is 0 Å². The number of nitrogens with one attached hydrogen (secondary N) is 1. The summed E-state index contributed by atoms with van der Waals surface area (Å²) in [7, 11) is -4.06. The van der Waals surface area contributed by atoms with Gasteiger partial charge in [0.2, 0.25) is 5.91 Å². The molecule has 0 bridgehead atoms. The molecule has 30 heavy (non-hydrogen) atoms. The van der Waals surface area contributed by atoms with Gasteiger partial charge in [-0.25, -0.2) is 12.8 Å². The molecule has 8 heteroatoms. The molecular formula is C22H20ClFN2O3S. The molecule has 0 aromatic heterocycles. The van der Waals surface area contributed by atoms with Crippen LogP contribution in [0.25, 0.3) is 0 Å². The van der Waals surface area contributed by atoms with Gasteiger partial charge in [0.05, 0.1) is 10.6 Å². The van der Waals surface area contributed by atoms with E-state index < -0.39 is 28.3 Å². The van der Waals surface area contributed by atoms with Gasteiger partial charge in [-0.05, 0) is 61.9 Å². The first-order chi connectivity index (χ1) is 14.2. The maximum Gasteiger partial charge on any atom is 0.264 e.